The number of rotatable bonds is 3. The first-order valence-electron chi connectivity index (χ1n) is 9.05. The molecule has 6 nitrogen and oxygen atoms in total. The lowest BCUT2D eigenvalue weighted by atomic mass is 9.80. The molecule has 0 aromatic carbocycles. The van der Waals surface area contributed by atoms with Crippen LogP contribution in [-0.2, 0) is 11.3 Å². The van der Waals surface area contributed by atoms with E-state index in [1.54, 1.807) is 0 Å². The van der Waals surface area contributed by atoms with Crippen LogP contribution in [-0.4, -0.2) is 59.2 Å². The molecule has 2 saturated heterocycles. The van der Waals surface area contributed by atoms with E-state index in [-0.39, 0.29) is 5.41 Å². The van der Waals surface area contributed by atoms with Gasteiger partial charge < -0.3 is 9.64 Å². The van der Waals surface area contributed by atoms with Crippen molar-refractivity contribution in [3.05, 3.63) is 48.5 Å². The summed E-state index contributed by atoms with van der Waals surface area (Å²) in [5.74, 6) is 0.814. The minimum Gasteiger partial charge on any atom is -0.379 e. The monoisotopic (exact) mass is 339 g/mol. The SMILES string of the molecule is c1ccc(CN2CCCC3(COCCN(c4ncccn4)C3)C2)nc1. The van der Waals surface area contributed by atoms with E-state index in [0.717, 1.165) is 57.6 Å². The number of anilines is 1. The number of pyridine rings is 1. The predicted molar refractivity (Wildman–Crippen MR) is 96.2 cm³/mol. The Labute approximate surface area is 148 Å². The molecule has 0 N–H and O–H groups in total. The number of ether oxygens (including phenoxy) is 1. The second-order valence-electron chi connectivity index (χ2n) is 7.16. The van der Waals surface area contributed by atoms with Crippen molar-refractivity contribution >= 4 is 5.95 Å². The first kappa shape index (κ1) is 16.4. The summed E-state index contributed by atoms with van der Waals surface area (Å²) in [6.07, 6.45) is 7.89. The molecule has 0 bridgehead atoms. The maximum absolute atomic E-state index is 6.00. The van der Waals surface area contributed by atoms with E-state index in [1.165, 1.54) is 12.8 Å². The lowest BCUT2D eigenvalue weighted by Crippen LogP contribution is -2.50. The van der Waals surface area contributed by atoms with Crippen LogP contribution >= 0.6 is 0 Å². The summed E-state index contributed by atoms with van der Waals surface area (Å²) in [5, 5.41) is 0. The van der Waals surface area contributed by atoms with Gasteiger partial charge in [0, 0.05) is 50.2 Å². The molecule has 132 valence electrons. The van der Waals surface area contributed by atoms with Gasteiger partial charge in [-0.05, 0) is 37.6 Å². The average molecular weight is 339 g/mol. The van der Waals surface area contributed by atoms with Gasteiger partial charge in [-0.15, -0.1) is 0 Å². The molecule has 0 radical (unpaired) electrons. The van der Waals surface area contributed by atoms with Crippen molar-refractivity contribution in [3.8, 4) is 0 Å². The van der Waals surface area contributed by atoms with Crippen LogP contribution in [0.15, 0.2) is 42.9 Å². The van der Waals surface area contributed by atoms with Crippen LogP contribution in [0.25, 0.3) is 0 Å². The van der Waals surface area contributed by atoms with Crippen LogP contribution in [0.4, 0.5) is 5.95 Å². The van der Waals surface area contributed by atoms with Crippen molar-refractivity contribution in [3.63, 3.8) is 0 Å². The largest absolute Gasteiger partial charge is 0.379 e. The van der Waals surface area contributed by atoms with E-state index >= 15 is 0 Å². The van der Waals surface area contributed by atoms with Crippen molar-refractivity contribution in [2.45, 2.75) is 19.4 Å². The molecule has 2 fully saturated rings. The minimum absolute atomic E-state index is 0.142. The van der Waals surface area contributed by atoms with E-state index in [1.807, 2.05) is 30.7 Å². The fourth-order valence-electron chi connectivity index (χ4n) is 4.03. The zero-order chi connectivity index (χ0) is 17.0. The Kier molecular flexibility index (Phi) is 4.90. The van der Waals surface area contributed by atoms with Crippen LogP contribution in [0.2, 0.25) is 0 Å². The highest BCUT2D eigenvalue weighted by Crippen LogP contribution is 2.34. The molecule has 4 rings (SSSR count). The Hall–Kier alpha value is -2.05. The van der Waals surface area contributed by atoms with Gasteiger partial charge in [0.2, 0.25) is 5.95 Å². The molecule has 1 spiro atoms. The number of piperidine rings is 1. The lowest BCUT2D eigenvalue weighted by molar-refractivity contribution is 0.0103. The number of likely N-dealkylation sites (tertiary alicyclic amines) is 1. The maximum Gasteiger partial charge on any atom is 0.225 e. The van der Waals surface area contributed by atoms with Crippen molar-refractivity contribution in [1.29, 1.82) is 0 Å². The summed E-state index contributed by atoms with van der Waals surface area (Å²) >= 11 is 0. The maximum atomic E-state index is 6.00. The van der Waals surface area contributed by atoms with Gasteiger partial charge in [0.05, 0.1) is 18.9 Å². The molecule has 6 heteroatoms. The zero-order valence-electron chi connectivity index (χ0n) is 14.5. The third-order valence-electron chi connectivity index (χ3n) is 5.13. The second kappa shape index (κ2) is 7.45. The molecule has 25 heavy (non-hydrogen) atoms. The average Bonchev–Trinajstić information content (AvgIpc) is 2.86. The smallest absolute Gasteiger partial charge is 0.225 e. The molecule has 0 saturated carbocycles. The fourth-order valence-corrected chi connectivity index (χ4v) is 4.03. The van der Waals surface area contributed by atoms with Crippen molar-refractivity contribution in [2.75, 3.05) is 44.3 Å². The normalized spacial score (nSPS) is 25.0. The zero-order valence-corrected chi connectivity index (χ0v) is 14.5. The van der Waals surface area contributed by atoms with Crippen LogP contribution in [0.5, 0.6) is 0 Å². The Morgan fingerprint density at radius 1 is 1.00 bits per heavy atom. The van der Waals surface area contributed by atoms with E-state index in [9.17, 15) is 0 Å². The molecular weight excluding hydrogens is 314 g/mol. The standard InChI is InChI=1S/C19H25N5O/c1-2-7-20-17(5-1)13-23-10-3-6-19(14-23)15-24(11-12-25-16-19)18-21-8-4-9-22-18/h1-2,4-5,7-9H,3,6,10-16H2. The van der Waals surface area contributed by atoms with E-state index in [0.29, 0.717) is 0 Å². The van der Waals surface area contributed by atoms with Gasteiger partial charge in [-0.1, -0.05) is 6.07 Å². The molecule has 2 aromatic heterocycles. The topological polar surface area (TPSA) is 54.4 Å². The molecule has 1 unspecified atom stereocenters. The molecular formula is C19H25N5O. The van der Waals surface area contributed by atoms with Gasteiger partial charge in [-0.3, -0.25) is 9.88 Å². The van der Waals surface area contributed by atoms with Gasteiger partial charge in [0.1, 0.15) is 0 Å². The van der Waals surface area contributed by atoms with Gasteiger partial charge in [0.25, 0.3) is 0 Å². The highest BCUT2D eigenvalue weighted by Gasteiger charge is 2.39. The summed E-state index contributed by atoms with van der Waals surface area (Å²) in [7, 11) is 0. The van der Waals surface area contributed by atoms with Crippen molar-refractivity contribution < 1.29 is 4.74 Å². The summed E-state index contributed by atoms with van der Waals surface area (Å²) in [5.41, 5.74) is 1.28. The highest BCUT2D eigenvalue weighted by molar-refractivity contribution is 5.29. The number of aromatic nitrogens is 3. The van der Waals surface area contributed by atoms with Crippen LogP contribution < -0.4 is 4.90 Å². The predicted octanol–water partition coefficient (Wildman–Crippen LogP) is 1.99. The number of hydrogen-bond acceptors (Lipinski definition) is 6. The van der Waals surface area contributed by atoms with Crippen molar-refractivity contribution in [2.24, 2.45) is 5.41 Å². The minimum atomic E-state index is 0.142. The van der Waals surface area contributed by atoms with E-state index < -0.39 is 0 Å². The second-order valence-corrected chi connectivity index (χ2v) is 7.16. The van der Waals surface area contributed by atoms with Gasteiger partial charge in [-0.2, -0.15) is 0 Å². The first-order valence-corrected chi connectivity index (χ1v) is 9.05. The van der Waals surface area contributed by atoms with E-state index in [2.05, 4.69) is 36.9 Å². The molecule has 2 aliphatic heterocycles. The molecule has 4 heterocycles. The summed E-state index contributed by atoms with van der Waals surface area (Å²) in [6, 6.07) is 8.00. The Bertz CT molecular complexity index is 668. The van der Waals surface area contributed by atoms with Gasteiger partial charge in [0.15, 0.2) is 0 Å². The molecule has 1 atom stereocenters. The molecule has 2 aliphatic rings. The van der Waals surface area contributed by atoms with Gasteiger partial charge in [-0.25, -0.2) is 9.97 Å². The summed E-state index contributed by atoms with van der Waals surface area (Å²) in [6.45, 7) is 6.43. The van der Waals surface area contributed by atoms with Crippen LogP contribution in [0.1, 0.15) is 18.5 Å². The quantitative estimate of drug-likeness (QED) is 0.852. The van der Waals surface area contributed by atoms with Crippen molar-refractivity contribution in [1.82, 2.24) is 19.9 Å². The summed E-state index contributed by atoms with van der Waals surface area (Å²) < 4.78 is 6.00. The molecule has 0 amide bonds. The Balaban J connectivity index is 1.49. The van der Waals surface area contributed by atoms with Crippen LogP contribution in [0, 0.1) is 5.41 Å². The van der Waals surface area contributed by atoms with Crippen LogP contribution in [0.3, 0.4) is 0 Å². The Morgan fingerprint density at radius 2 is 1.88 bits per heavy atom. The molecule has 0 aliphatic carbocycles. The molecule has 2 aromatic rings. The fraction of sp³-hybridized carbons (Fsp3) is 0.526. The summed E-state index contributed by atoms with van der Waals surface area (Å²) in [4.78, 5) is 18.2. The van der Waals surface area contributed by atoms with E-state index in [4.69, 9.17) is 4.74 Å². The third kappa shape index (κ3) is 3.96. The number of hydrogen-bond donors (Lipinski definition) is 0. The Morgan fingerprint density at radius 3 is 2.72 bits per heavy atom. The number of nitrogens with zero attached hydrogens (tertiary/aromatic N) is 5. The lowest BCUT2D eigenvalue weighted by Gasteiger charge is -2.43. The van der Waals surface area contributed by atoms with Gasteiger partial charge >= 0.3 is 0 Å². The first-order chi connectivity index (χ1) is 12.3. The highest BCUT2D eigenvalue weighted by atomic mass is 16.5. The third-order valence-corrected chi connectivity index (χ3v) is 5.13.